The van der Waals surface area contributed by atoms with E-state index < -0.39 is 6.10 Å². The Kier molecular flexibility index (Phi) is 7.56. The lowest BCUT2D eigenvalue weighted by atomic mass is 10.0. The van der Waals surface area contributed by atoms with Crippen molar-refractivity contribution >= 4 is 5.57 Å². The molecule has 1 unspecified atom stereocenters. The second-order valence-electron chi connectivity index (χ2n) is 6.92. The molecule has 2 N–H and O–H groups in total. The lowest BCUT2D eigenvalue weighted by Crippen LogP contribution is -2.31. The van der Waals surface area contributed by atoms with Gasteiger partial charge >= 0.3 is 0 Å². The third-order valence-electron chi connectivity index (χ3n) is 4.65. The highest BCUT2D eigenvalue weighted by Gasteiger charge is 2.13. The van der Waals surface area contributed by atoms with Crippen molar-refractivity contribution in [1.29, 1.82) is 0 Å². The largest absolute Gasteiger partial charge is 0.392 e. The smallest absolute Gasteiger partial charge is 0.0854 e. The SMILES string of the molecule is OC/C(=C\C(O)CN(Cc1ccccc1)Cc1ccccc1)c1ccccc1. The predicted octanol–water partition coefficient (Wildman–Crippen LogP) is 4.13. The molecule has 0 aliphatic heterocycles. The third kappa shape index (κ3) is 6.17. The quantitative estimate of drug-likeness (QED) is 0.593. The number of hydrogen-bond donors (Lipinski definition) is 2. The van der Waals surface area contributed by atoms with Crippen LogP contribution in [0.5, 0.6) is 0 Å². The molecule has 0 aliphatic carbocycles. The maximum atomic E-state index is 10.7. The lowest BCUT2D eigenvalue weighted by Gasteiger charge is -2.25. The molecule has 3 nitrogen and oxygen atoms in total. The molecule has 0 radical (unpaired) electrons. The van der Waals surface area contributed by atoms with E-state index in [-0.39, 0.29) is 6.61 Å². The highest BCUT2D eigenvalue weighted by atomic mass is 16.3. The summed E-state index contributed by atoms with van der Waals surface area (Å²) in [6.45, 7) is 1.89. The van der Waals surface area contributed by atoms with E-state index >= 15 is 0 Å². The molecule has 3 aromatic carbocycles. The van der Waals surface area contributed by atoms with Crippen molar-refractivity contribution in [2.75, 3.05) is 13.2 Å². The first-order valence-electron chi connectivity index (χ1n) is 9.60. The van der Waals surface area contributed by atoms with Gasteiger partial charge in [-0.1, -0.05) is 91.0 Å². The lowest BCUT2D eigenvalue weighted by molar-refractivity contribution is 0.137. The van der Waals surface area contributed by atoms with Crippen LogP contribution in [-0.2, 0) is 13.1 Å². The van der Waals surface area contributed by atoms with Gasteiger partial charge in [-0.25, -0.2) is 0 Å². The van der Waals surface area contributed by atoms with E-state index in [0.717, 1.165) is 24.2 Å². The molecule has 3 rings (SSSR count). The summed E-state index contributed by atoms with van der Waals surface area (Å²) in [5.41, 5.74) is 4.09. The van der Waals surface area contributed by atoms with Gasteiger partial charge in [0, 0.05) is 19.6 Å². The van der Waals surface area contributed by atoms with Crippen LogP contribution < -0.4 is 0 Å². The summed E-state index contributed by atoms with van der Waals surface area (Å²) in [5, 5.41) is 20.4. The molecule has 0 aliphatic rings. The number of aliphatic hydroxyl groups is 2. The molecule has 0 saturated heterocycles. The Bertz CT molecular complexity index is 806. The molecule has 28 heavy (non-hydrogen) atoms. The first-order valence-corrected chi connectivity index (χ1v) is 9.60. The van der Waals surface area contributed by atoms with Crippen molar-refractivity contribution < 1.29 is 10.2 Å². The van der Waals surface area contributed by atoms with Gasteiger partial charge in [0.15, 0.2) is 0 Å². The monoisotopic (exact) mass is 373 g/mol. The summed E-state index contributed by atoms with van der Waals surface area (Å²) in [6, 6.07) is 30.3. The maximum absolute atomic E-state index is 10.7. The van der Waals surface area contributed by atoms with Crippen LogP contribution in [0.4, 0.5) is 0 Å². The molecule has 0 fully saturated rings. The summed E-state index contributed by atoms with van der Waals surface area (Å²) in [7, 11) is 0. The number of benzene rings is 3. The topological polar surface area (TPSA) is 43.7 Å². The molecule has 0 amide bonds. The zero-order chi connectivity index (χ0) is 19.6. The molecule has 144 valence electrons. The zero-order valence-electron chi connectivity index (χ0n) is 16.0. The first kappa shape index (κ1) is 20.0. The maximum Gasteiger partial charge on any atom is 0.0854 e. The van der Waals surface area contributed by atoms with E-state index in [1.807, 2.05) is 66.7 Å². The van der Waals surface area contributed by atoms with Crippen molar-refractivity contribution in [3.63, 3.8) is 0 Å². The van der Waals surface area contributed by atoms with Crippen molar-refractivity contribution in [3.8, 4) is 0 Å². The van der Waals surface area contributed by atoms with Gasteiger partial charge in [-0.05, 0) is 28.3 Å². The highest BCUT2D eigenvalue weighted by Crippen LogP contribution is 2.16. The third-order valence-corrected chi connectivity index (χ3v) is 4.65. The van der Waals surface area contributed by atoms with Gasteiger partial charge in [0.2, 0.25) is 0 Å². The minimum Gasteiger partial charge on any atom is -0.392 e. The van der Waals surface area contributed by atoms with Gasteiger partial charge < -0.3 is 10.2 Å². The summed E-state index contributed by atoms with van der Waals surface area (Å²) >= 11 is 0. The first-order chi connectivity index (χ1) is 13.7. The van der Waals surface area contributed by atoms with Gasteiger partial charge in [-0.15, -0.1) is 0 Å². The molecular weight excluding hydrogens is 346 g/mol. The van der Waals surface area contributed by atoms with Crippen LogP contribution in [0.1, 0.15) is 16.7 Å². The summed E-state index contributed by atoms with van der Waals surface area (Å²) in [4.78, 5) is 2.23. The minimum absolute atomic E-state index is 0.0988. The number of rotatable bonds is 9. The Morgan fingerprint density at radius 2 is 1.21 bits per heavy atom. The molecule has 0 heterocycles. The Balaban J connectivity index is 1.74. The van der Waals surface area contributed by atoms with Crippen molar-refractivity contribution in [1.82, 2.24) is 4.90 Å². The fourth-order valence-electron chi connectivity index (χ4n) is 3.31. The number of aliphatic hydroxyl groups excluding tert-OH is 2. The summed E-state index contributed by atoms with van der Waals surface area (Å²) < 4.78 is 0. The van der Waals surface area contributed by atoms with Gasteiger partial charge in [-0.3, -0.25) is 4.90 Å². The second kappa shape index (κ2) is 10.6. The van der Waals surface area contributed by atoms with E-state index in [0.29, 0.717) is 6.54 Å². The van der Waals surface area contributed by atoms with Crippen LogP contribution in [-0.4, -0.2) is 34.4 Å². The Morgan fingerprint density at radius 3 is 1.68 bits per heavy atom. The van der Waals surface area contributed by atoms with Crippen molar-refractivity contribution in [2.45, 2.75) is 19.2 Å². The van der Waals surface area contributed by atoms with E-state index in [2.05, 4.69) is 29.2 Å². The predicted molar refractivity (Wildman–Crippen MR) is 115 cm³/mol. The van der Waals surface area contributed by atoms with E-state index in [9.17, 15) is 10.2 Å². The zero-order valence-corrected chi connectivity index (χ0v) is 16.0. The molecule has 0 saturated carbocycles. The molecule has 0 spiro atoms. The Labute approximate surface area is 167 Å². The van der Waals surface area contributed by atoms with Gasteiger partial charge in [0.05, 0.1) is 12.7 Å². The summed E-state index contributed by atoms with van der Waals surface area (Å²) in [5.74, 6) is 0. The van der Waals surface area contributed by atoms with Gasteiger partial charge in [0.1, 0.15) is 0 Å². The molecule has 3 heteroatoms. The van der Waals surface area contributed by atoms with Gasteiger partial charge in [0.25, 0.3) is 0 Å². The fourth-order valence-corrected chi connectivity index (χ4v) is 3.31. The fraction of sp³-hybridized carbons (Fsp3) is 0.200. The van der Waals surface area contributed by atoms with Crippen LogP contribution in [0.15, 0.2) is 97.1 Å². The standard InChI is InChI=1S/C25H27NO2/c27-20-24(23-14-8-3-9-15-23)16-25(28)19-26(17-21-10-4-1-5-11-21)18-22-12-6-2-7-13-22/h1-16,25,27-28H,17-20H2/b24-16+. The minimum atomic E-state index is -0.671. The highest BCUT2D eigenvalue weighted by molar-refractivity contribution is 5.66. The Morgan fingerprint density at radius 1 is 0.750 bits per heavy atom. The molecule has 1 atom stereocenters. The van der Waals surface area contributed by atoms with Crippen LogP contribution in [0, 0.1) is 0 Å². The molecular formula is C25H27NO2. The van der Waals surface area contributed by atoms with Crippen LogP contribution >= 0.6 is 0 Å². The van der Waals surface area contributed by atoms with Gasteiger partial charge in [-0.2, -0.15) is 0 Å². The normalized spacial score (nSPS) is 12.9. The average molecular weight is 373 g/mol. The molecule has 3 aromatic rings. The van der Waals surface area contributed by atoms with Crippen LogP contribution in [0.2, 0.25) is 0 Å². The second-order valence-corrected chi connectivity index (χ2v) is 6.92. The van der Waals surface area contributed by atoms with Crippen LogP contribution in [0.3, 0.4) is 0 Å². The van der Waals surface area contributed by atoms with Crippen molar-refractivity contribution in [3.05, 3.63) is 114 Å². The number of nitrogens with zero attached hydrogens (tertiary/aromatic N) is 1. The van der Waals surface area contributed by atoms with Crippen molar-refractivity contribution in [2.24, 2.45) is 0 Å². The van der Waals surface area contributed by atoms with E-state index in [1.54, 1.807) is 6.08 Å². The van der Waals surface area contributed by atoms with E-state index in [1.165, 1.54) is 11.1 Å². The average Bonchev–Trinajstić information content (AvgIpc) is 2.74. The Hall–Kier alpha value is -2.72. The van der Waals surface area contributed by atoms with Crippen LogP contribution in [0.25, 0.3) is 5.57 Å². The number of hydrogen-bond acceptors (Lipinski definition) is 3. The van der Waals surface area contributed by atoms with E-state index in [4.69, 9.17) is 0 Å². The summed E-state index contributed by atoms with van der Waals surface area (Å²) in [6.07, 6.45) is 1.09. The molecule has 0 aromatic heterocycles. The molecule has 0 bridgehead atoms.